The molecular weight excluding hydrogens is 377 g/mol. The fraction of sp³-hybridized carbons (Fsp3) is 0.231. The number of hydrogen-bond acceptors (Lipinski definition) is 3. The third-order valence-electron chi connectivity index (χ3n) is 2.40. The van der Waals surface area contributed by atoms with Crippen molar-refractivity contribution in [3.63, 3.8) is 0 Å². The smallest absolute Gasteiger partial charge is 0.295 e. The summed E-state index contributed by atoms with van der Waals surface area (Å²) in [5.41, 5.74) is 5.48. The average molecular weight is 393 g/mol. The molecule has 1 aromatic rings. The molecule has 0 aromatic heterocycles. The molecule has 0 aliphatic rings. The zero-order valence-electron chi connectivity index (χ0n) is 10.5. The van der Waals surface area contributed by atoms with Crippen LogP contribution in [0.5, 0.6) is 0 Å². The molecule has 0 unspecified atom stereocenters. The van der Waals surface area contributed by atoms with Gasteiger partial charge in [0.05, 0.1) is 0 Å². The fourth-order valence-electron chi connectivity index (χ4n) is 1.54. The Balaban J connectivity index is 3.61. The van der Waals surface area contributed by atoms with Crippen LogP contribution in [-0.4, -0.2) is 19.5 Å². The molecule has 0 fully saturated rings. The number of nitrogens with two attached hydrogens (primary N) is 1. The molecule has 6 heteroatoms. The van der Waals surface area contributed by atoms with E-state index in [0.717, 1.165) is 11.6 Å². The summed E-state index contributed by atoms with van der Waals surface area (Å²) < 4.78 is 32.2. The number of benzene rings is 1. The Morgan fingerprint density at radius 3 is 2.58 bits per heavy atom. The van der Waals surface area contributed by atoms with Crippen LogP contribution in [0.4, 0.5) is 0 Å². The summed E-state index contributed by atoms with van der Waals surface area (Å²) in [6.07, 6.45) is 8.44. The standard InChI is InChI=1S/C13H16INO3S/c1-2-3-4-5-10-8-12(14)13(19(16,17)18)9-11(10)6-7-15/h3-6,8-9H,2,7,15H2,1H3,(H,16,17,18)/b4-3-,10-5-,11-6-. The van der Waals surface area contributed by atoms with Gasteiger partial charge in [-0.05, 0) is 51.6 Å². The number of allylic oxidation sites excluding steroid dienone is 2. The summed E-state index contributed by atoms with van der Waals surface area (Å²) in [6.45, 7) is 2.33. The molecule has 0 aliphatic heterocycles. The van der Waals surface area contributed by atoms with Crippen molar-refractivity contribution in [1.82, 2.24) is 0 Å². The molecule has 19 heavy (non-hydrogen) atoms. The van der Waals surface area contributed by atoms with E-state index in [0.29, 0.717) is 15.3 Å². The lowest BCUT2D eigenvalue weighted by molar-refractivity contribution is 0.482. The fourth-order valence-corrected chi connectivity index (χ4v) is 3.45. The topological polar surface area (TPSA) is 80.4 Å². The van der Waals surface area contributed by atoms with E-state index in [4.69, 9.17) is 10.3 Å². The van der Waals surface area contributed by atoms with E-state index < -0.39 is 10.1 Å². The van der Waals surface area contributed by atoms with E-state index in [1.165, 1.54) is 6.07 Å². The van der Waals surface area contributed by atoms with Crippen molar-refractivity contribution in [3.8, 4) is 0 Å². The molecule has 0 amide bonds. The maximum absolute atomic E-state index is 11.3. The predicted octanol–water partition coefficient (Wildman–Crippen LogP) is 1.02. The van der Waals surface area contributed by atoms with E-state index >= 15 is 0 Å². The zero-order chi connectivity index (χ0) is 14.5. The minimum atomic E-state index is -4.22. The summed E-state index contributed by atoms with van der Waals surface area (Å²) in [5.74, 6) is 0. The van der Waals surface area contributed by atoms with E-state index in [1.54, 1.807) is 12.1 Å². The minimum absolute atomic E-state index is 0.0931. The van der Waals surface area contributed by atoms with Crippen LogP contribution in [0.3, 0.4) is 0 Å². The molecule has 0 spiro atoms. The normalized spacial score (nSPS) is 14.5. The monoisotopic (exact) mass is 393 g/mol. The highest BCUT2D eigenvalue weighted by molar-refractivity contribution is 14.1. The third-order valence-corrected chi connectivity index (χ3v) is 4.55. The second-order valence-corrected chi connectivity index (χ2v) is 6.38. The van der Waals surface area contributed by atoms with Gasteiger partial charge in [-0.1, -0.05) is 31.2 Å². The van der Waals surface area contributed by atoms with Crippen molar-refractivity contribution < 1.29 is 13.0 Å². The highest BCUT2D eigenvalue weighted by atomic mass is 127. The second kappa shape index (κ2) is 7.18. The minimum Gasteiger partial charge on any atom is -0.327 e. The van der Waals surface area contributed by atoms with Gasteiger partial charge in [-0.3, -0.25) is 4.55 Å². The maximum Gasteiger partial charge on any atom is 0.295 e. The highest BCUT2D eigenvalue weighted by Crippen LogP contribution is 2.13. The molecule has 0 bridgehead atoms. The number of rotatable bonds is 4. The van der Waals surface area contributed by atoms with Crippen LogP contribution in [0.2, 0.25) is 0 Å². The van der Waals surface area contributed by atoms with Crippen molar-refractivity contribution in [2.75, 3.05) is 6.54 Å². The van der Waals surface area contributed by atoms with Gasteiger partial charge in [-0.2, -0.15) is 8.42 Å². The first-order chi connectivity index (χ1) is 8.90. The van der Waals surface area contributed by atoms with E-state index in [1.807, 2.05) is 47.7 Å². The van der Waals surface area contributed by atoms with Gasteiger partial charge in [0.25, 0.3) is 10.1 Å². The molecule has 1 aromatic carbocycles. The maximum atomic E-state index is 11.3. The SMILES string of the molecule is CC\C=C/C=c1/cc(I)c(S(=O)(=O)O)c/c1=C/CN. The van der Waals surface area contributed by atoms with Crippen LogP contribution < -0.4 is 16.2 Å². The first-order valence-corrected chi connectivity index (χ1v) is 8.26. The quantitative estimate of drug-likeness (QED) is 0.592. The first kappa shape index (κ1) is 16.4. The van der Waals surface area contributed by atoms with E-state index in [9.17, 15) is 8.42 Å². The summed E-state index contributed by atoms with van der Waals surface area (Å²) in [4.78, 5) is -0.0931. The van der Waals surface area contributed by atoms with Crippen LogP contribution in [0.1, 0.15) is 13.3 Å². The highest BCUT2D eigenvalue weighted by Gasteiger charge is 2.13. The van der Waals surface area contributed by atoms with Crippen LogP contribution in [-0.2, 0) is 10.1 Å². The zero-order valence-corrected chi connectivity index (χ0v) is 13.5. The molecule has 104 valence electrons. The molecule has 1 rings (SSSR count). The van der Waals surface area contributed by atoms with Crippen LogP contribution in [0, 0.1) is 3.57 Å². The Labute approximate surface area is 126 Å². The summed E-state index contributed by atoms with van der Waals surface area (Å²) >= 11 is 1.89. The second-order valence-electron chi connectivity index (χ2n) is 3.83. The lowest BCUT2D eigenvalue weighted by Crippen LogP contribution is -2.28. The van der Waals surface area contributed by atoms with Crippen LogP contribution in [0.15, 0.2) is 29.2 Å². The van der Waals surface area contributed by atoms with Gasteiger partial charge in [-0.25, -0.2) is 0 Å². The van der Waals surface area contributed by atoms with Crippen molar-refractivity contribution in [3.05, 3.63) is 38.3 Å². The van der Waals surface area contributed by atoms with Gasteiger partial charge in [0, 0.05) is 10.1 Å². The molecule has 0 saturated carbocycles. The third kappa shape index (κ3) is 4.72. The number of halogens is 1. The Hall–Kier alpha value is -0.700. The van der Waals surface area contributed by atoms with Crippen molar-refractivity contribution in [2.24, 2.45) is 5.73 Å². The molecule has 0 saturated heterocycles. The van der Waals surface area contributed by atoms with Crippen LogP contribution in [0.25, 0.3) is 12.2 Å². The van der Waals surface area contributed by atoms with E-state index in [2.05, 4.69) is 0 Å². The molecule has 0 heterocycles. The lowest BCUT2D eigenvalue weighted by atomic mass is 10.2. The predicted molar refractivity (Wildman–Crippen MR) is 85.6 cm³/mol. The van der Waals surface area contributed by atoms with E-state index in [-0.39, 0.29) is 4.90 Å². The van der Waals surface area contributed by atoms with Gasteiger partial charge < -0.3 is 5.73 Å². The van der Waals surface area contributed by atoms with Gasteiger partial charge in [0.15, 0.2) is 0 Å². The Bertz CT molecular complexity index is 693. The molecule has 4 nitrogen and oxygen atoms in total. The first-order valence-electron chi connectivity index (χ1n) is 5.74. The summed E-state index contributed by atoms with van der Waals surface area (Å²) in [7, 11) is -4.22. The summed E-state index contributed by atoms with van der Waals surface area (Å²) in [6, 6.07) is 3.15. The Morgan fingerprint density at radius 1 is 1.37 bits per heavy atom. The molecule has 0 atom stereocenters. The van der Waals surface area contributed by atoms with Gasteiger partial charge in [0.2, 0.25) is 0 Å². The Morgan fingerprint density at radius 2 is 2.05 bits per heavy atom. The van der Waals surface area contributed by atoms with Crippen molar-refractivity contribution in [1.29, 1.82) is 0 Å². The van der Waals surface area contributed by atoms with Gasteiger partial charge in [-0.15, -0.1) is 0 Å². The molecule has 0 radical (unpaired) electrons. The van der Waals surface area contributed by atoms with Gasteiger partial charge in [0.1, 0.15) is 4.90 Å². The van der Waals surface area contributed by atoms with Crippen molar-refractivity contribution >= 4 is 44.9 Å². The summed E-state index contributed by atoms with van der Waals surface area (Å²) in [5, 5.41) is 1.56. The largest absolute Gasteiger partial charge is 0.327 e. The van der Waals surface area contributed by atoms with Crippen LogP contribution >= 0.6 is 22.6 Å². The Kier molecular flexibility index (Phi) is 6.18. The van der Waals surface area contributed by atoms with Gasteiger partial charge >= 0.3 is 0 Å². The lowest BCUT2D eigenvalue weighted by Gasteiger charge is -2.01. The average Bonchev–Trinajstić information content (AvgIpc) is 2.31. The number of hydrogen-bond donors (Lipinski definition) is 2. The molecule has 3 N–H and O–H groups in total. The molecular formula is C13H16INO3S. The van der Waals surface area contributed by atoms with Crippen molar-refractivity contribution in [2.45, 2.75) is 18.2 Å². The molecule has 0 aliphatic carbocycles.